The highest BCUT2D eigenvalue weighted by Crippen LogP contribution is 2.30. The third-order valence-corrected chi connectivity index (χ3v) is 6.69. The van der Waals surface area contributed by atoms with Crippen molar-refractivity contribution in [3.05, 3.63) is 28.5 Å². The predicted molar refractivity (Wildman–Crippen MR) is 87.9 cm³/mol. The molecule has 1 N–H and O–H groups in total. The first-order chi connectivity index (χ1) is 11.7. The standard InChI is InChI=1S/C15H18ClFN2O5S/c1-18-4-9-5-19(10(6-18)8-24-7-9)25(22,23)14-2-11(15(20)21)12(16)3-13(14)17/h2-3,9-10H,4-8H2,1H3,(H,20,21)/t9-,10-/m0/s1. The number of carboxylic acid groups (broad SMARTS) is 1. The molecule has 0 saturated carbocycles. The number of carbonyl (C=O) groups is 1. The number of carboxylic acids is 1. The van der Waals surface area contributed by atoms with Crippen LogP contribution in [0, 0.1) is 11.7 Å². The fraction of sp³-hybridized carbons (Fsp3) is 0.533. The molecular formula is C15H18ClFN2O5S. The summed E-state index contributed by atoms with van der Waals surface area (Å²) in [6.07, 6.45) is 0. The van der Waals surface area contributed by atoms with Gasteiger partial charge in [-0.15, -0.1) is 0 Å². The van der Waals surface area contributed by atoms with E-state index in [1.165, 1.54) is 4.31 Å². The number of benzene rings is 1. The second-order valence-corrected chi connectivity index (χ2v) is 8.69. The molecule has 2 bridgehead atoms. The van der Waals surface area contributed by atoms with Gasteiger partial charge in [0.25, 0.3) is 0 Å². The Balaban J connectivity index is 2.07. The van der Waals surface area contributed by atoms with Crippen LogP contribution in [0.3, 0.4) is 0 Å². The fourth-order valence-corrected chi connectivity index (χ4v) is 5.33. The Kier molecular flexibility index (Phi) is 5.04. The van der Waals surface area contributed by atoms with Crippen LogP contribution in [0.25, 0.3) is 0 Å². The highest BCUT2D eigenvalue weighted by molar-refractivity contribution is 7.89. The Bertz CT molecular complexity index is 803. The van der Waals surface area contributed by atoms with Crippen molar-refractivity contribution in [2.75, 3.05) is 39.9 Å². The molecule has 2 aliphatic heterocycles. The number of hydrogen-bond acceptors (Lipinski definition) is 5. The van der Waals surface area contributed by atoms with Crippen LogP contribution in [-0.2, 0) is 14.8 Å². The molecular weight excluding hydrogens is 375 g/mol. The summed E-state index contributed by atoms with van der Waals surface area (Å²) >= 11 is 5.71. The molecule has 0 amide bonds. The molecule has 2 fully saturated rings. The summed E-state index contributed by atoms with van der Waals surface area (Å²) in [5.74, 6) is -2.52. The molecule has 0 aliphatic carbocycles. The molecule has 1 aromatic carbocycles. The van der Waals surface area contributed by atoms with E-state index in [1.54, 1.807) is 0 Å². The number of fused-ring (bicyclic) bond motifs is 3. The maximum Gasteiger partial charge on any atom is 0.337 e. The Morgan fingerprint density at radius 2 is 2.04 bits per heavy atom. The zero-order valence-corrected chi connectivity index (χ0v) is 15.1. The number of likely N-dealkylation sites (N-methyl/N-ethyl adjacent to an activating group) is 1. The smallest absolute Gasteiger partial charge is 0.337 e. The Morgan fingerprint density at radius 3 is 2.72 bits per heavy atom. The number of ether oxygens (including phenoxy) is 1. The average molecular weight is 393 g/mol. The zero-order valence-electron chi connectivity index (χ0n) is 13.5. The van der Waals surface area contributed by atoms with Gasteiger partial charge in [0.05, 0.1) is 29.8 Å². The van der Waals surface area contributed by atoms with Gasteiger partial charge in [0.1, 0.15) is 10.7 Å². The number of aromatic carboxylic acids is 1. The summed E-state index contributed by atoms with van der Waals surface area (Å²) < 4.78 is 47.3. The maximum atomic E-state index is 14.3. The minimum atomic E-state index is -4.24. The molecule has 0 aromatic heterocycles. The van der Waals surface area contributed by atoms with E-state index in [-0.39, 0.29) is 24.1 Å². The lowest BCUT2D eigenvalue weighted by atomic mass is 10.1. The monoisotopic (exact) mass is 392 g/mol. The minimum absolute atomic E-state index is 0.0402. The molecule has 3 rings (SSSR count). The van der Waals surface area contributed by atoms with Gasteiger partial charge in [-0.1, -0.05) is 11.6 Å². The molecule has 10 heteroatoms. The van der Waals surface area contributed by atoms with Gasteiger partial charge in [-0.05, 0) is 19.2 Å². The molecule has 2 atom stereocenters. The lowest BCUT2D eigenvalue weighted by Gasteiger charge is -2.29. The minimum Gasteiger partial charge on any atom is -0.478 e. The first-order valence-corrected chi connectivity index (χ1v) is 9.52. The summed E-state index contributed by atoms with van der Waals surface area (Å²) in [5.41, 5.74) is -0.451. The Labute approximate surface area is 150 Å². The average Bonchev–Trinajstić information content (AvgIpc) is 2.77. The molecule has 2 heterocycles. The van der Waals surface area contributed by atoms with Gasteiger partial charge in [0, 0.05) is 25.6 Å². The summed E-state index contributed by atoms with van der Waals surface area (Å²) in [7, 11) is -2.34. The zero-order chi connectivity index (χ0) is 18.4. The lowest BCUT2D eigenvalue weighted by Crippen LogP contribution is -2.46. The molecule has 2 saturated heterocycles. The largest absolute Gasteiger partial charge is 0.478 e. The van der Waals surface area contributed by atoms with Crippen LogP contribution >= 0.6 is 11.6 Å². The number of rotatable bonds is 3. The topological polar surface area (TPSA) is 87.2 Å². The van der Waals surface area contributed by atoms with Crippen LogP contribution in [-0.4, -0.2) is 74.6 Å². The summed E-state index contributed by atoms with van der Waals surface area (Å²) in [5, 5.41) is 8.80. The molecule has 2 aliphatic rings. The van der Waals surface area contributed by atoms with E-state index in [4.69, 9.17) is 21.4 Å². The summed E-state index contributed by atoms with van der Waals surface area (Å²) in [4.78, 5) is 12.6. The van der Waals surface area contributed by atoms with Gasteiger partial charge >= 0.3 is 5.97 Å². The highest BCUT2D eigenvalue weighted by atomic mass is 35.5. The van der Waals surface area contributed by atoms with Gasteiger partial charge in [0.15, 0.2) is 0 Å². The van der Waals surface area contributed by atoms with Crippen molar-refractivity contribution >= 4 is 27.6 Å². The number of nitrogens with zero attached hydrogens (tertiary/aromatic N) is 2. The van der Waals surface area contributed by atoms with Gasteiger partial charge in [-0.25, -0.2) is 17.6 Å². The quantitative estimate of drug-likeness (QED) is 0.829. The second kappa shape index (κ2) is 6.81. The van der Waals surface area contributed by atoms with E-state index in [0.29, 0.717) is 19.7 Å². The van der Waals surface area contributed by atoms with Crippen molar-refractivity contribution in [3.63, 3.8) is 0 Å². The van der Waals surface area contributed by atoms with Crippen molar-refractivity contribution in [3.8, 4) is 0 Å². The molecule has 0 unspecified atom stereocenters. The molecule has 1 aromatic rings. The van der Waals surface area contributed by atoms with Crippen molar-refractivity contribution in [1.82, 2.24) is 9.21 Å². The Morgan fingerprint density at radius 1 is 1.32 bits per heavy atom. The SMILES string of the molecule is CN1C[C@@H]2COC[C@H](C1)N(S(=O)(=O)c1cc(C(=O)O)c(Cl)cc1F)C2. The van der Waals surface area contributed by atoms with Crippen molar-refractivity contribution in [1.29, 1.82) is 0 Å². The van der Waals surface area contributed by atoms with E-state index >= 15 is 0 Å². The van der Waals surface area contributed by atoms with Crippen LogP contribution in [0.2, 0.25) is 5.02 Å². The third-order valence-electron chi connectivity index (χ3n) is 4.44. The maximum absolute atomic E-state index is 14.3. The third kappa shape index (κ3) is 3.52. The van der Waals surface area contributed by atoms with Crippen LogP contribution in [0.4, 0.5) is 4.39 Å². The van der Waals surface area contributed by atoms with Gasteiger partial charge in [0.2, 0.25) is 10.0 Å². The van der Waals surface area contributed by atoms with Crippen LogP contribution < -0.4 is 0 Å². The van der Waals surface area contributed by atoms with E-state index < -0.39 is 38.3 Å². The fourth-order valence-electron chi connectivity index (χ4n) is 3.35. The summed E-state index contributed by atoms with van der Waals surface area (Å²) in [6, 6.07) is 1.05. The van der Waals surface area contributed by atoms with Crippen molar-refractivity contribution in [2.24, 2.45) is 5.92 Å². The second-order valence-electron chi connectivity index (χ2n) is 6.42. The van der Waals surface area contributed by atoms with Gasteiger partial charge in [-0.2, -0.15) is 4.31 Å². The number of sulfonamides is 1. The van der Waals surface area contributed by atoms with Gasteiger partial charge in [-0.3, -0.25) is 0 Å². The molecule has 0 spiro atoms. The van der Waals surface area contributed by atoms with Crippen LogP contribution in [0.5, 0.6) is 0 Å². The Hall–Kier alpha value is -1.26. The van der Waals surface area contributed by atoms with E-state index in [9.17, 15) is 17.6 Å². The van der Waals surface area contributed by atoms with E-state index in [2.05, 4.69) is 0 Å². The molecule has 0 radical (unpaired) electrons. The van der Waals surface area contributed by atoms with E-state index in [0.717, 1.165) is 12.1 Å². The van der Waals surface area contributed by atoms with Crippen molar-refractivity contribution < 1.29 is 27.4 Å². The molecule has 25 heavy (non-hydrogen) atoms. The molecule has 7 nitrogen and oxygen atoms in total. The van der Waals surface area contributed by atoms with E-state index in [1.807, 2.05) is 11.9 Å². The number of hydrogen-bond donors (Lipinski definition) is 1. The van der Waals surface area contributed by atoms with Crippen molar-refractivity contribution in [2.45, 2.75) is 10.9 Å². The normalized spacial score (nSPS) is 25.6. The first kappa shape index (κ1) is 18.5. The lowest BCUT2D eigenvalue weighted by molar-refractivity contribution is 0.0659. The predicted octanol–water partition coefficient (Wildman–Crippen LogP) is 1.13. The molecule has 138 valence electrons. The summed E-state index contributed by atoms with van der Waals surface area (Å²) in [6.45, 7) is 1.96. The highest BCUT2D eigenvalue weighted by Gasteiger charge is 2.40. The van der Waals surface area contributed by atoms with Crippen LogP contribution in [0.15, 0.2) is 17.0 Å². The van der Waals surface area contributed by atoms with Crippen LogP contribution in [0.1, 0.15) is 10.4 Å². The number of halogens is 2. The first-order valence-electron chi connectivity index (χ1n) is 7.70. The van der Waals surface area contributed by atoms with Gasteiger partial charge < -0.3 is 14.7 Å².